The molecule has 0 unspecified atom stereocenters. The summed E-state index contributed by atoms with van der Waals surface area (Å²) in [5.41, 5.74) is 3.41. The molecule has 1 amide bonds. The summed E-state index contributed by atoms with van der Waals surface area (Å²) in [7, 11) is 0. The molecule has 0 bridgehead atoms. The second kappa shape index (κ2) is 5.91. The highest BCUT2D eigenvalue weighted by Gasteiger charge is 2.38. The maximum Gasteiger partial charge on any atom is 0.224 e. The largest absolute Gasteiger partial charge is 0.357 e. The second-order valence-electron chi connectivity index (χ2n) is 6.12. The van der Waals surface area contributed by atoms with Crippen LogP contribution in [0.4, 0.5) is 11.4 Å². The molecule has 0 saturated heterocycles. The predicted octanol–water partition coefficient (Wildman–Crippen LogP) is 4.27. The van der Waals surface area contributed by atoms with Crippen LogP contribution in [-0.4, -0.2) is 11.7 Å². The third kappa shape index (κ3) is 2.36. The third-order valence-electron chi connectivity index (χ3n) is 4.59. The number of nitrogens with zero attached hydrogens (tertiary/aromatic N) is 1. The van der Waals surface area contributed by atoms with Crippen molar-refractivity contribution in [3.05, 3.63) is 57.9 Å². The first-order valence-corrected chi connectivity index (χ1v) is 9.00. The molecule has 0 spiro atoms. The highest BCUT2D eigenvalue weighted by Crippen LogP contribution is 2.45. The SMILES string of the molecule is CC(=O)N1c2ccccc2NC2=C(C(=O)CCC2)[C@H]1c1cccs1. The molecule has 0 saturated carbocycles. The number of nitrogens with one attached hydrogen (secondary N) is 1. The van der Waals surface area contributed by atoms with Crippen LogP contribution in [0.5, 0.6) is 0 Å². The molecule has 1 aliphatic carbocycles. The number of hydrogen-bond acceptors (Lipinski definition) is 4. The first-order valence-electron chi connectivity index (χ1n) is 8.12. The van der Waals surface area contributed by atoms with E-state index in [1.165, 1.54) is 0 Å². The van der Waals surface area contributed by atoms with E-state index in [4.69, 9.17) is 0 Å². The fourth-order valence-corrected chi connectivity index (χ4v) is 4.42. The van der Waals surface area contributed by atoms with Crippen molar-refractivity contribution in [3.8, 4) is 0 Å². The van der Waals surface area contributed by atoms with Crippen molar-refractivity contribution in [2.24, 2.45) is 0 Å². The fraction of sp³-hybridized carbons (Fsp3) is 0.263. The number of benzene rings is 1. The van der Waals surface area contributed by atoms with Gasteiger partial charge in [0.2, 0.25) is 5.91 Å². The highest BCUT2D eigenvalue weighted by molar-refractivity contribution is 7.10. The van der Waals surface area contributed by atoms with Crippen molar-refractivity contribution in [2.75, 3.05) is 10.2 Å². The molecule has 24 heavy (non-hydrogen) atoms. The lowest BCUT2D eigenvalue weighted by Crippen LogP contribution is -2.36. The van der Waals surface area contributed by atoms with Gasteiger partial charge < -0.3 is 5.32 Å². The number of para-hydroxylation sites is 2. The van der Waals surface area contributed by atoms with E-state index in [9.17, 15) is 9.59 Å². The molecule has 0 fully saturated rings. The Kier molecular flexibility index (Phi) is 3.73. The Balaban J connectivity index is 2.00. The Bertz CT molecular complexity index is 839. The van der Waals surface area contributed by atoms with Gasteiger partial charge in [0.15, 0.2) is 5.78 Å². The molecule has 2 aliphatic rings. The minimum atomic E-state index is -0.346. The topological polar surface area (TPSA) is 49.4 Å². The van der Waals surface area contributed by atoms with Crippen LogP contribution < -0.4 is 10.2 Å². The molecule has 1 N–H and O–H groups in total. The molecule has 5 heteroatoms. The maximum atomic E-state index is 12.8. The van der Waals surface area contributed by atoms with E-state index in [0.717, 1.165) is 40.4 Å². The third-order valence-corrected chi connectivity index (χ3v) is 5.51. The van der Waals surface area contributed by atoms with Crippen LogP contribution in [-0.2, 0) is 9.59 Å². The summed E-state index contributed by atoms with van der Waals surface area (Å²) >= 11 is 1.58. The van der Waals surface area contributed by atoms with Crippen LogP contribution in [0.15, 0.2) is 53.0 Å². The molecular weight excluding hydrogens is 320 g/mol. The number of amides is 1. The number of allylic oxidation sites excluding steroid dienone is 1. The van der Waals surface area contributed by atoms with Crippen LogP contribution in [0.1, 0.15) is 37.1 Å². The zero-order chi connectivity index (χ0) is 16.7. The summed E-state index contributed by atoms with van der Waals surface area (Å²) in [4.78, 5) is 28.1. The number of thiophene rings is 1. The summed E-state index contributed by atoms with van der Waals surface area (Å²) < 4.78 is 0. The van der Waals surface area contributed by atoms with Crippen molar-refractivity contribution in [1.29, 1.82) is 0 Å². The highest BCUT2D eigenvalue weighted by atomic mass is 32.1. The van der Waals surface area contributed by atoms with Crippen molar-refractivity contribution >= 4 is 34.4 Å². The number of hydrogen-bond donors (Lipinski definition) is 1. The van der Waals surface area contributed by atoms with Gasteiger partial charge in [0.25, 0.3) is 0 Å². The Morgan fingerprint density at radius 3 is 2.79 bits per heavy atom. The summed E-state index contributed by atoms with van der Waals surface area (Å²) in [6.07, 6.45) is 2.23. The molecule has 1 aliphatic heterocycles. The van der Waals surface area contributed by atoms with E-state index in [1.54, 1.807) is 23.2 Å². The lowest BCUT2D eigenvalue weighted by atomic mass is 9.88. The summed E-state index contributed by atoms with van der Waals surface area (Å²) in [6.45, 7) is 1.57. The monoisotopic (exact) mass is 338 g/mol. The Hall–Kier alpha value is -2.40. The van der Waals surface area contributed by atoms with Gasteiger partial charge in [-0.1, -0.05) is 18.2 Å². The molecule has 1 atom stereocenters. The summed E-state index contributed by atoms with van der Waals surface area (Å²) in [6, 6.07) is 11.4. The number of ketones is 1. The number of fused-ring (bicyclic) bond motifs is 1. The van der Waals surface area contributed by atoms with E-state index < -0.39 is 0 Å². The molecule has 122 valence electrons. The zero-order valence-corrected chi connectivity index (χ0v) is 14.2. The lowest BCUT2D eigenvalue weighted by molar-refractivity contribution is -0.117. The number of anilines is 2. The number of carbonyl (C=O) groups excluding carboxylic acids is 2. The van der Waals surface area contributed by atoms with Crippen LogP contribution >= 0.6 is 11.3 Å². The normalized spacial score (nSPS) is 20.1. The van der Waals surface area contributed by atoms with Gasteiger partial charge in [-0.25, -0.2) is 0 Å². The van der Waals surface area contributed by atoms with E-state index in [0.29, 0.717) is 6.42 Å². The maximum absolute atomic E-state index is 12.8. The van der Waals surface area contributed by atoms with Gasteiger partial charge in [0.1, 0.15) is 6.04 Å². The minimum Gasteiger partial charge on any atom is -0.357 e. The van der Waals surface area contributed by atoms with Crippen LogP contribution in [0.2, 0.25) is 0 Å². The molecule has 2 heterocycles. The average Bonchev–Trinajstić information content (AvgIpc) is 3.03. The van der Waals surface area contributed by atoms with E-state index in [-0.39, 0.29) is 17.7 Å². The summed E-state index contributed by atoms with van der Waals surface area (Å²) in [5, 5.41) is 5.43. The van der Waals surface area contributed by atoms with Gasteiger partial charge in [-0.2, -0.15) is 0 Å². The Labute approximate surface area is 144 Å². The molecular formula is C19H18N2O2S. The minimum absolute atomic E-state index is 0.0604. The van der Waals surface area contributed by atoms with Crippen LogP contribution in [0.3, 0.4) is 0 Å². The molecule has 4 nitrogen and oxygen atoms in total. The van der Waals surface area contributed by atoms with E-state index >= 15 is 0 Å². The van der Waals surface area contributed by atoms with Gasteiger partial charge in [-0.15, -0.1) is 11.3 Å². The first-order chi connectivity index (χ1) is 11.7. The van der Waals surface area contributed by atoms with Crippen LogP contribution in [0.25, 0.3) is 0 Å². The lowest BCUT2D eigenvalue weighted by Gasteiger charge is -2.32. The van der Waals surface area contributed by atoms with Gasteiger partial charge in [0, 0.05) is 29.5 Å². The smallest absolute Gasteiger partial charge is 0.224 e. The molecule has 2 aromatic rings. The van der Waals surface area contributed by atoms with Crippen molar-refractivity contribution in [1.82, 2.24) is 0 Å². The number of Topliss-reactive ketones (excluding diaryl/α,β-unsaturated/α-hetero) is 1. The van der Waals surface area contributed by atoms with Gasteiger partial charge in [-0.3, -0.25) is 14.5 Å². The van der Waals surface area contributed by atoms with Gasteiger partial charge in [0.05, 0.1) is 11.4 Å². The Morgan fingerprint density at radius 1 is 1.21 bits per heavy atom. The number of carbonyl (C=O) groups is 2. The van der Waals surface area contributed by atoms with Crippen LogP contribution in [0, 0.1) is 0 Å². The fourth-order valence-electron chi connectivity index (χ4n) is 3.60. The zero-order valence-electron chi connectivity index (χ0n) is 13.4. The molecule has 1 aromatic carbocycles. The average molecular weight is 338 g/mol. The van der Waals surface area contributed by atoms with Crippen molar-refractivity contribution < 1.29 is 9.59 Å². The first kappa shape index (κ1) is 15.1. The summed E-state index contributed by atoms with van der Waals surface area (Å²) in [5.74, 6) is 0.0796. The second-order valence-corrected chi connectivity index (χ2v) is 7.10. The van der Waals surface area contributed by atoms with Crippen molar-refractivity contribution in [2.45, 2.75) is 32.2 Å². The Morgan fingerprint density at radius 2 is 2.04 bits per heavy atom. The van der Waals surface area contributed by atoms with Crippen molar-refractivity contribution in [3.63, 3.8) is 0 Å². The van der Waals surface area contributed by atoms with E-state index in [1.807, 2.05) is 41.8 Å². The quantitative estimate of drug-likeness (QED) is 0.844. The predicted molar refractivity (Wildman–Crippen MR) is 96.2 cm³/mol. The standard InChI is InChI=1S/C19H18N2O2S/c1-12(22)21-15-8-3-2-6-13(15)20-14-7-4-9-16(23)18(14)19(21)17-10-5-11-24-17/h2-3,5-6,8,10-11,19-20H,4,7,9H2,1H3/t19-/m1/s1. The molecule has 1 aromatic heterocycles. The molecule has 0 radical (unpaired) electrons. The number of rotatable bonds is 1. The molecule has 4 rings (SSSR count). The van der Waals surface area contributed by atoms with E-state index in [2.05, 4.69) is 5.32 Å². The van der Waals surface area contributed by atoms with Gasteiger partial charge >= 0.3 is 0 Å². The van der Waals surface area contributed by atoms with Gasteiger partial charge in [-0.05, 0) is 36.4 Å².